The molecule has 1 aromatic heterocycles. The van der Waals surface area contributed by atoms with Gasteiger partial charge in [-0.1, -0.05) is 170 Å². The van der Waals surface area contributed by atoms with Crippen LogP contribution in [0.5, 0.6) is 0 Å². The Morgan fingerprint density at radius 3 is 1.47 bits per heavy atom. The van der Waals surface area contributed by atoms with Gasteiger partial charge in [-0.05, 0) is 144 Å². The van der Waals surface area contributed by atoms with E-state index >= 15 is 0 Å². The summed E-state index contributed by atoms with van der Waals surface area (Å²) in [5, 5.41) is 6.95. The zero-order valence-electron chi connectivity index (χ0n) is 34.9. The van der Waals surface area contributed by atoms with Crippen LogP contribution < -0.4 is 4.90 Å². The molecule has 0 radical (unpaired) electrons. The van der Waals surface area contributed by atoms with Gasteiger partial charge in [-0.25, -0.2) is 4.98 Å². The lowest BCUT2D eigenvalue weighted by molar-refractivity contribution is 0.620. The van der Waals surface area contributed by atoms with Gasteiger partial charge in [-0.15, -0.1) is 0 Å². The second-order valence-electron chi connectivity index (χ2n) is 16.4. The Labute approximate surface area is 371 Å². The van der Waals surface area contributed by atoms with E-state index in [0.29, 0.717) is 5.89 Å². The van der Waals surface area contributed by atoms with E-state index < -0.39 is 0 Å². The Morgan fingerprint density at radius 1 is 0.281 bits per heavy atom. The standard InChI is InChI=1S/C61H40N2O/c1-3-12-41(13-4-1)47-20-10-22-55(38-47)63(57-31-28-50-35-49(25-26-52(50)40-57)42-14-5-2-6-15-42)56-23-11-21-48(39-56)45-18-9-19-46(34-45)51-29-32-58-53(36-51)30-33-59-60(58)62-61(64-59)54-27-24-43-16-7-8-17-44(43)37-54/h1-40H. The minimum Gasteiger partial charge on any atom is -0.436 e. The van der Waals surface area contributed by atoms with Gasteiger partial charge in [0.25, 0.3) is 0 Å². The second-order valence-corrected chi connectivity index (χ2v) is 16.4. The van der Waals surface area contributed by atoms with Gasteiger partial charge in [-0.2, -0.15) is 0 Å². The summed E-state index contributed by atoms with van der Waals surface area (Å²) in [6.45, 7) is 0. The highest BCUT2D eigenvalue weighted by Gasteiger charge is 2.17. The van der Waals surface area contributed by atoms with E-state index in [4.69, 9.17) is 9.40 Å². The maximum atomic E-state index is 6.32. The van der Waals surface area contributed by atoms with Crippen molar-refractivity contribution in [2.75, 3.05) is 4.90 Å². The molecule has 0 saturated heterocycles. The summed E-state index contributed by atoms with van der Waals surface area (Å²) in [5.74, 6) is 0.632. The molecule has 3 nitrogen and oxygen atoms in total. The number of fused-ring (bicyclic) bond motifs is 5. The van der Waals surface area contributed by atoms with Gasteiger partial charge >= 0.3 is 0 Å². The van der Waals surface area contributed by atoms with Gasteiger partial charge in [0.2, 0.25) is 5.89 Å². The van der Waals surface area contributed by atoms with Crippen LogP contribution in [-0.4, -0.2) is 4.98 Å². The van der Waals surface area contributed by atoms with Gasteiger partial charge < -0.3 is 9.32 Å². The molecule has 3 heteroatoms. The van der Waals surface area contributed by atoms with Crippen LogP contribution in [0.1, 0.15) is 0 Å². The van der Waals surface area contributed by atoms with Crippen molar-refractivity contribution in [2.24, 2.45) is 0 Å². The summed E-state index contributed by atoms with van der Waals surface area (Å²) in [6, 6.07) is 86.9. The molecule has 0 aliphatic heterocycles. The van der Waals surface area contributed by atoms with E-state index in [1.165, 1.54) is 43.8 Å². The van der Waals surface area contributed by atoms with Crippen LogP contribution in [0.4, 0.5) is 17.1 Å². The highest BCUT2D eigenvalue weighted by Crippen LogP contribution is 2.41. The van der Waals surface area contributed by atoms with Gasteiger partial charge in [0.15, 0.2) is 5.58 Å². The summed E-state index contributed by atoms with van der Waals surface area (Å²) in [4.78, 5) is 7.40. The van der Waals surface area contributed by atoms with Gasteiger partial charge in [0, 0.05) is 28.0 Å². The maximum absolute atomic E-state index is 6.32. The number of benzene rings is 11. The van der Waals surface area contributed by atoms with Gasteiger partial charge in [0.1, 0.15) is 5.52 Å². The fraction of sp³-hybridized carbons (Fsp3) is 0. The maximum Gasteiger partial charge on any atom is 0.227 e. The first-order valence-electron chi connectivity index (χ1n) is 21.8. The molecule has 0 fully saturated rings. The summed E-state index contributed by atoms with van der Waals surface area (Å²) in [7, 11) is 0. The number of nitrogens with zero attached hydrogens (tertiary/aromatic N) is 2. The SMILES string of the molecule is c1ccc(-c2cccc(N(c3cccc(-c4cccc(-c5ccc6c(ccc7oc(-c8ccc9ccccc9c8)nc76)c5)c4)c3)c3ccc4cc(-c5ccccc5)ccc4c3)c2)cc1. The fourth-order valence-corrected chi connectivity index (χ4v) is 9.13. The van der Waals surface area contributed by atoms with E-state index in [1.54, 1.807) is 0 Å². The average molecular weight is 817 g/mol. The van der Waals surface area contributed by atoms with E-state index in [1.807, 2.05) is 6.07 Å². The first-order chi connectivity index (χ1) is 31.7. The van der Waals surface area contributed by atoms with Crippen LogP contribution in [0, 0.1) is 0 Å². The molecule has 12 rings (SSSR count). The number of anilines is 3. The zero-order chi connectivity index (χ0) is 42.4. The number of aromatic nitrogens is 1. The normalized spacial score (nSPS) is 11.4. The molecular weight excluding hydrogens is 777 g/mol. The minimum absolute atomic E-state index is 0.632. The molecule has 0 atom stereocenters. The molecule has 11 aromatic carbocycles. The summed E-state index contributed by atoms with van der Waals surface area (Å²) < 4.78 is 6.32. The Hall–Kier alpha value is -8.53. The smallest absolute Gasteiger partial charge is 0.227 e. The largest absolute Gasteiger partial charge is 0.436 e. The summed E-state index contributed by atoms with van der Waals surface area (Å²) in [6.07, 6.45) is 0. The molecule has 0 amide bonds. The highest BCUT2D eigenvalue weighted by molar-refractivity contribution is 6.05. The zero-order valence-corrected chi connectivity index (χ0v) is 34.9. The molecule has 1 heterocycles. The lowest BCUT2D eigenvalue weighted by Crippen LogP contribution is -2.10. The number of oxazole rings is 1. The molecule has 0 saturated carbocycles. The van der Waals surface area contributed by atoms with E-state index in [-0.39, 0.29) is 0 Å². The first kappa shape index (κ1) is 37.2. The third-order valence-electron chi connectivity index (χ3n) is 12.4. The first-order valence-corrected chi connectivity index (χ1v) is 21.8. The Morgan fingerprint density at radius 2 is 0.734 bits per heavy atom. The van der Waals surface area contributed by atoms with Crippen LogP contribution in [-0.2, 0) is 0 Å². The van der Waals surface area contributed by atoms with E-state index in [9.17, 15) is 0 Å². The molecule has 0 aliphatic rings. The molecular formula is C61H40N2O. The monoisotopic (exact) mass is 816 g/mol. The van der Waals surface area contributed by atoms with Crippen molar-refractivity contribution in [1.29, 1.82) is 0 Å². The van der Waals surface area contributed by atoms with Crippen molar-refractivity contribution in [3.8, 4) is 56.0 Å². The highest BCUT2D eigenvalue weighted by atomic mass is 16.3. The van der Waals surface area contributed by atoms with E-state index in [2.05, 4.69) is 241 Å². The van der Waals surface area contributed by atoms with Crippen molar-refractivity contribution in [3.05, 3.63) is 243 Å². The summed E-state index contributed by atoms with van der Waals surface area (Å²) in [5.41, 5.74) is 15.3. The van der Waals surface area contributed by atoms with Crippen LogP contribution >= 0.6 is 0 Å². The number of hydrogen-bond acceptors (Lipinski definition) is 3. The average Bonchev–Trinajstić information content (AvgIpc) is 3.82. The fourth-order valence-electron chi connectivity index (χ4n) is 9.13. The van der Waals surface area contributed by atoms with Crippen molar-refractivity contribution in [3.63, 3.8) is 0 Å². The van der Waals surface area contributed by atoms with Crippen LogP contribution in [0.2, 0.25) is 0 Å². The van der Waals surface area contributed by atoms with Crippen molar-refractivity contribution in [1.82, 2.24) is 4.98 Å². The molecule has 0 spiro atoms. The Balaban J connectivity index is 0.902. The predicted molar refractivity (Wildman–Crippen MR) is 268 cm³/mol. The Kier molecular flexibility index (Phi) is 9.16. The third-order valence-corrected chi connectivity index (χ3v) is 12.4. The van der Waals surface area contributed by atoms with Gasteiger partial charge in [0.05, 0.1) is 0 Å². The summed E-state index contributed by atoms with van der Waals surface area (Å²) >= 11 is 0. The minimum atomic E-state index is 0.632. The van der Waals surface area contributed by atoms with Crippen LogP contribution in [0.3, 0.4) is 0 Å². The van der Waals surface area contributed by atoms with Crippen LogP contribution in [0.25, 0.3) is 99.4 Å². The second kappa shape index (κ2) is 15.7. The molecule has 0 bridgehead atoms. The number of hydrogen-bond donors (Lipinski definition) is 0. The molecule has 0 unspecified atom stereocenters. The van der Waals surface area contributed by atoms with E-state index in [0.717, 1.165) is 66.8 Å². The quantitative estimate of drug-likeness (QED) is 0.153. The predicted octanol–water partition coefficient (Wildman–Crippen LogP) is 17.1. The lowest BCUT2D eigenvalue weighted by atomic mass is 9.96. The topological polar surface area (TPSA) is 29.3 Å². The number of rotatable bonds is 8. The van der Waals surface area contributed by atoms with Gasteiger partial charge in [-0.3, -0.25) is 0 Å². The molecule has 12 aromatic rings. The Bertz CT molecular complexity index is 3680. The van der Waals surface area contributed by atoms with Crippen molar-refractivity contribution >= 4 is 60.5 Å². The molecule has 0 N–H and O–H groups in total. The van der Waals surface area contributed by atoms with Crippen LogP contribution in [0.15, 0.2) is 247 Å². The van der Waals surface area contributed by atoms with Crippen molar-refractivity contribution < 1.29 is 4.42 Å². The lowest BCUT2D eigenvalue weighted by Gasteiger charge is -2.27. The third kappa shape index (κ3) is 6.96. The molecule has 0 aliphatic carbocycles. The van der Waals surface area contributed by atoms with Crippen molar-refractivity contribution in [2.45, 2.75) is 0 Å². The molecule has 300 valence electrons. The molecule has 64 heavy (non-hydrogen) atoms.